The van der Waals surface area contributed by atoms with E-state index in [1.54, 1.807) is 36.0 Å². The van der Waals surface area contributed by atoms with Crippen LogP contribution in [0.25, 0.3) is 0 Å². The van der Waals surface area contributed by atoms with Crippen LogP contribution in [-0.4, -0.2) is 34.4 Å². The van der Waals surface area contributed by atoms with Gasteiger partial charge in [0, 0.05) is 17.1 Å². The number of nitrogens with zero attached hydrogens (tertiary/aromatic N) is 1. The van der Waals surface area contributed by atoms with Gasteiger partial charge in [0.1, 0.15) is 6.04 Å². The summed E-state index contributed by atoms with van der Waals surface area (Å²) in [5.74, 6) is -0.240. The zero-order valence-electron chi connectivity index (χ0n) is 17.4. The van der Waals surface area contributed by atoms with Gasteiger partial charge in [-0.25, -0.2) is 0 Å². The summed E-state index contributed by atoms with van der Waals surface area (Å²) in [4.78, 5) is 42.2. The second-order valence-corrected chi connectivity index (χ2v) is 9.10. The number of fused-ring (bicyclic) bond motifs is 2. The van der Waals surface area contributed by atoms with E-state index < -0.39 is 17.9 Å². The van der Waals surface area contributed by atoms with Gasteiger partial charge in [-0.3, -0.25) is 19.3 Å². The molecule has 5 rings (SSSR count). The molecular weight excluding hydrogens is 420 g/mol. The number of hydrogen-bond donors (Lipinski definition) is 1. The van der Waals surface area contributed by atoms with Crippen molar-refractivity contribution in [3.8, 4) is 0 Å². The van der Waals surface area contributed by atoms with Gasteiger partial charge in [-0.05, 0) is 35.7 Å². The minimum Gasteiger partial charge on any atom is -0.347 e. The first kappa shape index (κ1) is 20.5. The average Bonchev–Trinajstić information content (AvgIpc) is 3.08. The molecule has 0 aliphatic carbocycles. The molecule has 0 bridgehead atoms. The Kier molecular flexibility index (Phi) is 5.53. The first-order chi connectivity index (χ1) is 15.6. The number of thioether (sulfide) groups is 1. The lowest BCUT2D eigenvalue weighted by Gasteiger charge is -2.30. The van der Waals surface area contributed by atoms with E-state index in [0.717, 1.165) is 33.1 Å². The van der Waals surface area contributed by atoms with Gasteiger partial charge < -0.3 is 5.32 Å². The Hall–Kier alpha value is -3.38. The summed E-state index contributed by atoms with van der Waals surface area (Å²) in [7, 11) is 0. The van der Waals surface area contributed by atoms with Crippen molar-refractivity contribution in [3.05, 3.63) is 101 Å². The Balaban J connectivity index is 1.47. The molecule has 3 aromatic carbocycles. The van der Waals surface area contributed by atoms with Gasteiger partial charge in [-0.15, -0.1) is 11.8 Å². The molecule has 160 valence electrons. The van der Waals surface area contributed by atoms with E-state index in [4.69, 9.17) is 0 Å². The number of benzene rings is 3. The van der Waals surface area contributed by atoms with E-state index in [1.807, 2.05) is 48.5 Å². The monoisotopic (exact) mass is 442 g/mol. The van der Waals surface area contributed by atoms with E-state index in [0.29, 0.717) is 11.1 Å². The van der Waals surface area contributed by atoms with Crippen molar-refractivity contribution in [2.24, 2.45) is 0 Å². The lowest BCUT2D eigenvalue weighted by molar-refractivity contribution is -0.125. The normalized spacial score (nSPS) is 18.1. The molecule has 0 unspecified atom stereocenters. The smallest absolute Gasteiger partial charge is 0.262 e. The van der Waals surface area contributed by atoms with Crippen LogP contribution in [0.5, 0.6) is 0 Å². The molecule has 2 aliphatic rings. The molecule has 0 fully saturated rings. The first-order valence-electron chi connectivity index (χ1n) is 10.7. The van der Waals surface area contributed by atoms with Gasteiger partial charge in [0.05, 0.1) is 17.2 Å². The maximum Gasteiger partial charge on any atom is 0.262 e. The molecule has 0 saturated heterocycles. The van der Waals surface area contributed by atoms with Gasteiger partial charge in [-0.1, -0.05) is 60.7 Å². The van der Waals surface area contributed by atoms with Gasteiger partial charge in [0.15, 0.2) is 0 Å². The number of nitrogens with one attached hydrogen (secondary N) is 1. The Bertz CT molecular complexity index is 1160. The molecule has 0 radical (unpaired) electrons. The van der Waals surface area contributed by atoms with Crippen molar-refractivity contribution in [2.75, 3.05) is 5.75 Å². The van der Waals surface area contributed by atoms with Crippen molar-refractivity contribution >= 4 is 29.5 Å². The Morgan fingerprint density at radius 1 is 0.906 bits per heavy atom. The molecule has 3 aromatic rings. The fraction of sp³-hybridized carbons (Fsp3) is 0.192. The van der Waals surface area contributed by atoms with E-state index in [-0.39, 0.29) is 18.4 Å². The summed E-state index contributed by atoms with van der Waals surface area (Å²) in [5.41, 5.74) is 2.67. The van der Waals surface area contributed by atoms with Crippen LogP contribution >= 0.6 is 11.8 Å². The van der Waals surface area contributed by atoms with E-state index in [1.165, 1.54) is 0 Å². The highest BCUT2D eigenvalue weighted by atomic mass is 32.2. The highest BCUT2D eigenvalue weighted by Gasteiger charge is 2.43. The van der Waals surface area contributed by atoms with E-state index in [9.17, 15) is 14.4 Å². The minimum absolute atomic E-state index is 0.145. The lowest BCUT2D eigenvalue weighted by Crippen LogP contribution is -2.51. The van der Waals surface area contributed by atoms with Crippen LogP contribution in [-0.2, 0) is 11.2 Å². The minimum atomic E-state index is -0.924. The highest BCUT2D eigenvalue weighted by molar-refractivity contribution is 7.99. The second-order valence-electron chi connectivity index (χ2n) is 7.97. The third-order valence-electron chi connectivity index (χ3n) is 5.99. The number of amides is 3. The molecule has 0 aromatic heterocycles. The van der Waals surface area contributed by atoms with Crippen molar-refractivity contribution in [1.82, 2.24) is 10.2 Å². The van der Waals surface area contributed by atoms with Crippen molar-refractivity contribution in [3.63, 3.8) is 0 Å². The predicted octanol–water partition coefficient (Wildman–Crippen LogP) is 4.25. The summed E-state index contributed by atoms with van der Waals surface area (Å²) in [5, 5.41) is 3.14. The molecular formula is C26H22N2O3S. The summed E-state index contributed by atoms with van der Waals surface area (Å²) < 4.78 is 0. The van der Waals surface area contributed by atoms with Crippen LogP contribution in [0.15, 0.2) is 83.8 Å². The Morgan fingerprint density at radius 2 is 1.53 bits per heavy atom. The third kappa shape index (κ3) is 3.71. The van der Waals surface area contributed by atoms with Crippen LogP contribution in [0, 0.1) is 0 Å². The molecule has 32 heavy (non-hydrogen) atoms. The zero-order valence-corrected chi connectivity index (χ0v) is 18.2. The SMILES string of the molecule is O=C(N[C@@H]1CCSc2ccccc21)[C@H](Cc1ccccc1)N1C(=O)c2ccccc2C1=O. The number of carbonyl (C=O) groups is 3. The van der Waals surface area contributed by atoms with Gasteiger partial charge >= 0.3 is 0 Å². The van der Waals surface area contributed by atoms with Crippen LogP contribution in [0.4, 0.5) is 0 Å². The lowest BCUT2D eigenvalue weighted by atomic mass is 10.0. The molecule has 2 heterocycles. The summed E-state index contributed by atoms with van der Waals surface area (Å²) >= 11 is 1.78. The number of carbonyl (C=O) groups excluding carboxylic acids is 3. The molecule has 2 aliphatic heterocycles. The predicted molar refractivity (Wildman–Crippen MR) is 124 cm³/mol. The number of rotatable bonds is 5. The van der Waals surface area contributed by atoms with E-state index in [2.05, 4.69) is 11.4 Å². The van der Waals surface area contributed by atoms with Crippen molar-refractivity contribution < 1.29 is 14.4 Å². The molecule has 5 nitrogen and oxygen atoms in total. The molecule has 6 heteroatoms. The largest absolute Gasteiger partial charge is 0.347 e. The standard InChI is InChI=1S/C26H22N2O3S/c29-24(27-21-14-15-32-23-13-7-6-12-20(21)23)22(16-17-8-2-1-3-9-17)28-25(30)18-10-4-5-11-19(18)26(28)31/h1-13,21-22H,14-16H2,(H,27,29)/t21-,22+/m1/s1. The summed E-state index contributed by atoms with van der Waals surface area (Å²) in [6.45, 7) is 0. The zero-order chi connectivity index (χ0) is 22.1. The van der Waals surface area contributed by atoms with Crippen molar-refractivity contribution in [2.45, 2.75) is 29.8 Å². The summed E-state index contributed by atoms with van der Waals surface area (Å²) in [6, 6.07) is 23.2. The fourth-order valence-electron chi connectivity index (χ4n) is 4.39. The quantitative estimate of drug-likeness (QED) is 0.600. The van der Waals surface area contributed by atoms with Gasteiger partial charge in [-0.2, -0.15) is 0 Å². The second kappa shape index (κ2) is 8.63. The topological polar surface area (TPSA) is 66.5 Å². The van der Waals surface area contributed by atoms with Gasteiger partial charge in [0.25, 0.3) is 11.8 Å². The van der Waals surface area contributed by atoms with Crippen molar-refractivity contribution in [1.29, 1.82) is 0 Å². The Labute approximate surface area is 190 Å². The summed E-state index contributed by atoms with van der Waals surface area (Å²) in [6.07, 6.45) is 1.06. The van der Waals surface area contributed by atoms with Crippen LogP contribution in [0.1, 0.15) is 44.3 Å². The molecule has 1 N–H and O–H groups in total. The van der Waals surface area contributed by atoms with E-state index >= 15 is 0 Å². The highest BCUT2D eigenvalue weighted by Crippen LogP contribution is 2.36. The third-order valence-corrected chi connectivity index (χ3v) is 7.11. The number of imide groups is 1. The molecule has 0 spiro atoms. The van der Waals surface area contributed by atoms with Crippen LogP contribution in [0.2, 0.25) is 0 Å². The maximum absolute atomic E-state index is 13.6. The molecule has 0 saturated carbocycles. The van der Waals surface area contributed by atoms with Gasteiger partial charge in [0.2, 0.25) is 5.91 Å². The molecule has 3 amide bonds. The average molecular weight is 443 g/mol. The van der Waals surface area contributed by atoms with Crippen LogP contribution < -0.4 is 5.32 Å². The maximum atomic E-state index is 13.6. The fourth-order valence-corrected chi connectivity index (χ4v) is 5.51. The first-order valence-corrected chi connectivity index (χ1v) is 11.6. The Morgan fingerprint density at radius 3 is 2.25 bits per heavy atom. The molecule has 2 atom stereocenters. The number of hydrogen-bond acceptors (Lipinski definition) is 4. The van der Waals surface area contributed by atoms with Crippen LogP contribution in [0.3, 0.4) is 0 Å².